The lowest BCUT2D eigenvalue weighted by Gasteiger charge is -2.20. The van der Waals surface area contributed by atoms with Crippen LogP contribution in [-0.4, -0.2) is 0 Å². The molecule has 1 atom stereocenters. The van der Waals surface area contributed by atoms with Crippen LogP contribution in [0.3, 0.4) is 0 Å². The van der Waals surface area contributed by atoms with Crippen molar-refractivity contribution >= 4 is 17.3 Å². The summed E-state index contributed by atoms with van der Waals surface area (Å²) in [6, 6.07) is 11.9. The lowest BCUT2D eigenvalue weighted by molar-refractivity contribution is -0.138. The number of nitrogens with one attached hydrogen (secondary N) is 1. The van der Waals surface area contributed by atoms with Gasteiger partial charge in [-0.25, -0.2) is 0 Å². The SMILES string of the molecule is CC(Nc1ccc(Cl)cc1)c1ccccc1C(F)(F)F. The summed E-state index contributed by atoms with van der Waals surface area (Å²) in [4.78, 5) is 0. The number of rotatable bonds is 3. The summed E-state index contributed by atoms with van der Waals surface area (Å²) < 4.78 is 38.9. The molecule has 0 spiro atoms. The highest BCUT2D eigenvalue weighted by Crippen LogP contribution is 2.35. The Morgan fingerprint density at radius 2 is 1.60 bits per heavy atom. The van der Waals surface area contributed by atoms with Crippen molar-refractivity contribution in [1.29, 1.82) is 0 Å². The van der Waals surface area contributed by atoms with E-state index in [0.717, 1.165) is 11.8 Å². The molecule has 1 nitrogen and oxygen atoms in total. The summed E-state index contributed by atoms with van der Waals surface area (Å²) in [5.74, 6) is 0. The minimum atomic E-state index is -4.35. The van der Waals surface area contributed by atoms with Crippen LogP contribution in [0.25, 0.3) is 0 Å². The molecular formula is C15H13ClF3N. The van der Waals surface area contributed by atoms with Gasteiger partial charge in [-0.1, -0.05) is 29.8 Å². The molecule has 2 rings (SSSR count). The van der Waals surface area contributed by atoms with E-state index in [2.05, 4.69) is 5.32 Å². The van der Waals surface area contributed by atoms with Gasteiger partial charge < -0.3 is 5.32 Å². The zero-order valence-electron chi connectivity index (χ0n) is 10.7. The van der Waals surface area contributed by atoms with E-state index in [1.807, 2.05) is 0 Å². The molecule has 0 saturated heterocycles. The molecule has 1 unspecified atom stereocenters. The maximum absolute atomic E-state index is 13.0. The van der Waals surface area contributed by atoms with E-state index in [1.165, 1.54) is 12.1 Å². The lowest BCUT2D eigenvalue weighted by atomic mass is 10.0. The van der Waals surface area contributed by atoms with Crippen molar-refractivity contribution in [2.45, 2.75) is 19.1 Å². The van der Waals surface area contributed by atoms with Gasteiger partial charge in [0.2, 0.25) is 0 Å². The molecule has 0 heterocycles. The van der Waals surface area contributed by atoms with E-state index in [9.17, 15) is 13.2 Å². The van der Waals surface area contributed by atoms with Crippen molar-refractivity contribution in [1.82, 2.24) is 0 Å². The molecule has 0 aliphatic rings. The van der Waals surface area contributed by atoms with Crippen molar-refractivity contribution in [2.75, 3.05) is 5.32 Å². The quantitative estimate of drug-likeness (QED) is 0.785. The first-order valence-corrected chi connectivity index (χ1v) is 6.44. The van der Waals surface area contributed by atoms with Gasteiger partial charge in [-0.2, -0.15) is 13.2 Å². The van der Waals surface area contributed by atoms with Crippen LogP contribution >= 0.6 is 11.6 Å². The molecule has 20 heavy (non-hydrogen) atoms. The van der Waals surface area contributed by atoms with Crippen LogP contribution < -0.4 is 5.32 Å². The third kappa shape index (κ3) is 3.45. The van der Waals surface area contributed by atoms with E-state index < -0.39 is 17.8 Å². The Morgan fingerprint density at radius 1 is 1.00 bits per heavy atom. The van der Waals surface area contributed by atoms with Crippen LogP contribution in [0.5, 0.6) is 0 Å². The molecule has 0 saturated carbocycles. The molecule has 0 amide bonds. The largest absolute Gasteiger partial charge is 0.416 e. The maximum Gasteiger partial charge on any atom is 0.416 e. The first kappa shape index (κ1) is 14.7. The normalized spacial score (nSPS) is 13.1. The molecule has 106 valence electrons. The molecule has 1 N–H and O–H groups in total. The molecule has 2 aromatic carbocycles. The van der Waals surface area contributed by atoms with Gasteiger partial charge in [0.25, 0.3) is 0 Å². The summed E-state index contributed by atoms with van der Waals surface area (Å²) in [6.45, 7) is 1.69. The second-order valence-corrected chi connectivity index (χ2v) is 4.89. The summed E-state index contributed by atoms with van der Waals surface area (Å²) in [5.41, 5.74) is 0.322. The van der Waals surface area contributed by atoms with E-state index in [1.54, 1.807) is 37.3 Å². The standard InChI is InChI=1S/C15H13ClF3N/c1-10(20-12-8-6-11(16)7-9-12)13-4-2-3-5-14(13)15(17,18)19/h2-10,20H,1H3. The second kappa shape index (κ2) is 5.75. The highest BCUT2D eigenvalue weighted by atomic mass is 35.5. The molecule has 0 radical (unpaired) electrons. The summed E-state index contributed by atoms with van der Waals surface area (Å²) in [7, 11) is 0. The van der Waals surface area contributed by atoms with Gasteiger partial charge in [0.05, 0.1) is 5.56 Å². The Balaban J connectivity index is 2.25. The maximum atomic E-state index is 13.0. The van der Waals surface area contributed by atoms with Crippen LogP contribution in [0.2, 0.25) is 5.02 Å². The fourth-order valence-corrected chi connectivity index (χ4v) is 2.13. The Morgan fingerprint density at radius 3 is 2.20 bits per heavy atom. The fourth-order valence-electron chi connectivity index (χ4n) is 2.01. The molecular weight excluding hydrogens is 287 g/mol. The Hall–Kier alpha value is -1.68. The van der Waals surface area contributed by atoms with Crippen molar-refractivity contribution in [2.24, 2.45) is 0 Å². The van der Waals surface area contributed by atoms with Crippen molar-refractivity contribution in [3.8, 4) is 0 Å². The summed E-state index contributed by atoms with van der Waals surface area (Å²) in [5, 5.41) is 3.62. The minimum absolute atomic E-state index is 0.218. The van der Waals surface area contributed by atoms with Crippen molar-refractivity contribution in [3.05, 3.63) is 64.7 Å². The van der Waals surface area contributed by atoms with E-state index in [4.69, 9.17) is 11.6 Å². The van der Waals surface area contributed by atoms with Crippen LogP contribution in [0.4, 0.5) is 18.9 Å². The first-order chi connectivity index (χ1) is 9.38. The summed E-state index contributed by atoms with van der Waals surface area (Å²) in [6.07, 6.45) is -4.35. The van der Waals surface area contributed by atoms with Crippen molar-refractivity contribution < 1.29 is 13.2 Å². The van der Waals surface area contributed by atoms with Crippen LogP contribution in [-0.2, 0) is 6.18 Å². The molecule has 5 heteroatoms. The molecule has 0 aliphatic carbocycles. The number of benzene rings is 2. The zero-order valence-corrected chi connectivity index (χ0v) is 11.5. The lowest BCUT2D eigenvalue weighted by Crippen LogP contribution is -2.15. The van der Waals surface area contributed by atoms with Crippen molar-refractivity contribution in [3.63, 3.8) is 0 Å². The monoisotopic (exact) mass is 299 g/mol. The highest BCUT2D eigenvalue weighted by molar-refractivity contribution is 6.30. The minimum Gasteiger partial charge on any atom is -0.379 e. The third-order valence-electron chi connectivity index (χ3n) is 2.96. The predicted molar refractivity (Wildman–Crippen MR) is 74.9 cm³/mol. The average Bonchev–Trinajstić information content (AvgIpc) is 2.40. The predicted octanol–water partition coefficient (Wildman–Crippen LogP) is 5.53. The Labute approximate surface area is 120 Å². The zero-order chi connectivity index (χ0) is 14.8. The summed E-state index contributed by atoms with van der Waals surface area (Å²) >= 11 is 5.77. The Bertz CT molecular complexity index is 578. The number of anilines is 1. The van der Waals surface area contributed by atoms with Gasteiger partial charge in [-0.15, -0.1) is 0 Å². The smallest absolute Gasteiger partial charge is 0.379 e. The molecule has 0 aromatic heterocycles. The number of hydrogen-bond acceptors (Lipinski definition) is 1. The number of halogens is 4. The van der Waals surface area contributed by atoms with Crippen LogP contribution in [0.1, 0.15) is 24.1 Å². The molecule has 0 aliphatic heterocycles. The average molecular weight is 300 g/mol. The highest BCUT2D eigenvalue weighted by Gasteiger charge is 2.34. The fraction of sp³-hybridized carbons (Fsp3) is 0.200. The second-order valence-electron chi connectivity index (χ2n) is 4.46. The van der Waals surface area contributed by atoms with Gasteiger partial charge in [0.15, 0.2) is 0 Å². The van der Waals surface area contributed by atoms with Gasteiger partial charge in [-0.05, 0) is 42.8 Å². The van der Waals surface area contributed by atoms with E-state index in [0.29, 0.717) is 5.02 Å². The molecule has 0 fully saturated rings. The molecule has 0 bridgehead atoms. The topological polar surface area (TPSA) is 12.0 Å². The first-order valence-electron chi connectivity index (χ1n) is 6.06. The van der Waals surface area contributed by atoms with Gasteiger partial charge in [-0.3, -0.25) is 0 Å². The third-order valence-corrected chi connectivity index (χ3v) is 3.21. The van der Waals surface area contributed by atoms with Gasteiger partial charge in [0, 0.05) is 16.8 Å². The van der Waals surface area contributed by atoms with Crippen LogP contribution in [0, 0.1) is 0 Å². The van der Waals surface area contributed by atoms with Gasteiger partial charge >= 0.3 is 6.18 Å². The van der Waals surface area contributed by atoms with E-state index in [-0.39, 0.29) is 5.56 Å². The number of hydrogen-bond donors (Lipinski definition) is 1. The van der Waals surface area contributed by atoms with Crippen LogP contribution in [0.15, 0.2) is 48.5 Å². The van der Waals surface area contributed by atoms with Gasteiger partial charge in [0.1, 0.15) is 0 Å². The Kier molecular flexibility index (Phi) is 4.23. The number of alkyl halides is 3. The van der Waals surface area contributed by atoms with E-state index >= 15 is 0 Å². The molecule has 2 aromatic rings.